The lowest BCUT2D eigenvalue weighted by Crippen LogP contribution is -2.19. The highest BCUT2D eigenvalue weighted by Crippen LogP contribution is 2.16. The zero-order chi connectivity index (χ0) is 12.4. The number of nitrogens with zero attached hydrogens (tertiary/aromatic N) is 4. The third-order valence-corrected chi connectivity index (χ3v) is 2.74. The van der Waals surface area contributed by atoms with Crippen molar-refractivity contribution < 1.29 is 0 Å². The number of rotatable bonds is 2. The molecule has 0 aliphatic heterocycles. The summed E-state index contributed by atoms with van der Waals surface area (Å²) < 4.78 is 6.39. The summed E-state index contributed by atoms with van der Waals surface area (Å²) in [5, 5.41) is 3.65. The first-order valence-electron chi connectivity index (χ1n) is 5.03. The predicted octanol–water partition coefficient (Wildman–Crippen LogP) is 2.72. The van der Waals surface area contributed by atoms with E-state index in [2.05, 4.69) is 9.75 Å². The van der Waals surface area contributed by atoms with Crippen LogP contribution in [0.3, 0.4) is 0 Å². The van der Waals surface area contributed by atoms with Gasteiger partial charge in [0.05, 0.1) is 23.2 Å². The molecule has 1 aromatic heterocycles. The molecule has 0 fully saturated rings. The van der Waals surface area contributed by atoms with Crippen molar-refractivity contribution in [2.24, 2.45) is 16.8 Å². The molecular weight excluding hydrogens is 240 g/mol. The normalized spacial score (nSPS) is 11.2. The first-order valence-corrected chi connectivity index (χ1v) is 5.36. The highest BCUT2D eigenvalue weighted by molar-refractivity contribution is 6.14. The molecule has 17 heavy (non-hydrogen) atoms. The van der Waals surface area contributed by atoms with E-state index in [0.717, 1.165) is 5.69 Å². The Hall–Kier alpha value is -1.88. The Labute approximate surface area is 103 Å². The molecule has 0 N–H and O–H groups in total. The Kier molecular flexibility index (Phi) is 3.10. The van der Waals surface area contributed by atoms with Crippen molar-refractivity contribution in [2.75, 3.05) is 0 Å². The Bertz CT molecular complexity index is 612. The average Bonchev–Trinajstić information content (AvgIpc) is 2.55. The molecule has 0 unspecified atom stereocenters. The highest BCUT2D eigenvalue weighted by Gasteiger charge is 2.15. The zero-order valence-corrected chi connectivity index (χ0v) is 10.2. The van der Waals surface area contributed by atoms with Crippen LogP contribution in [0, 0.1) is 6.92 Å². The van der Waals surface area contributed by atoms with E-state index in [9.17, 15) is 4.79 Å². The lowest BCUT2D eigenvalue weighted by Gasteiger charge is -2.07. The van der Waals surface area contributed by atoms with Gasteiger partial charge in [0.1, 0.15) is 0 Å². The van der Waals surface area contributed by atoms with Crippen molar-refractivity contribution in [3.8, 4) is 5.69 Å². The van der Waals surface area contributed by atoms with Gasteiger partial charge < -0.3 is 0 Å². The fourth-order valence-corrected chi connectivity index (χ4v) is 1.78. The number of hydrogen-bond donors (Lipinski definition) is 0. The van der Waals surface area contributed by atoms with Crippen LogP contribution in [0.1, 0.15) is 5.69 Å². The molecule has 0 spiro atoms. The molecule has 0 aliphatic carbocycles. The van der Waals surface area contributed by atoms with Gasteiger partial charge in [-0.1, -0.05) is 22.8 Å². The molecule has 0 saturated heterocycles. The summed E-state index contributed by atoms with van der Waals surface area (Å²) in [6.07, 6.45) is 0. The van der Waals surface area contributed by atoms with Gasteiger partial charge in [0.2, 0.25) is 0 Å². The van der Waals surface area contributed by atoms with Gasteiger partial charge in [-0.05, 0) is 19.1 Å². The minimum Gasteiger partial charge on any atom is -0.283 e. The van der Waals surface area contributed by atoms with Crippen LogP contribution >= 0.6 is 11.8 Å². The quantitative estimate of drug-likeness (QED) is 0.756. The molecule has 88 valence electrons. The van der Waals surface area contributed by atoms with E-state index in [1.807, 2.05) is 30.3 Å². The number of halogens is 1. The number of aromatic nitrogens is 2. The second kappa shape index (κ2) is 4.55. The van der Waals surface area contributed by atoms with Gasteiger partial charge in [0.15, 0.2) is 5.69 Å². The Balaban J connectivity index is 2.73. The summed E-state index contributed by atoms with van der Waals surface area (Å²) in [5.74, 6) is 0. The van der Waals surface area contributed by atoms with Gasteiger partial charge in [-0.2, -0.15) is 0 Å². The summed E-state index contributed by atoms with van der Waals surface area (Å²) in [7, 11) is 1.79. The largest absolute Gasteiger partial charge is 0.299 e. The number of para-hydroxylation sites is 1. The summed E-state index contributed by atoms with van der Waals surface area (Å²) >= 11 is 5.19. The molecule has 0 saturated carbocycles. The Morgan fingerprint density at radius 2 is 1.88 bits per heavy atom. The second-order valence-electron chi connectivity index (χ2n) is 3.59. The van der Waals surface area contributed by atoms with E-state index in [0.29, 0.717) is 5.69 Å². The molecule has 1 aromatic carbocycles. The van der Waals surface area contributed by atoms with E-state index in [-0.39, 0.29) is 11.2 Å². The lowest BCUT2D eigenvalue weighted by atomic mass is 10.3. The number of hydrogen-bond acceptors (Lipinski definition) is 3. The third-order valence-electron chi connectivity index (χ3n) is 2.66. The zero-order valence-electron chi connectivity index (χ0n) is 9.46. The van der Waals surface area contributed by atoms with Crippen LogP contribution in [-0.2, 0) is 7.05 Å². The second-order valence-corrected chi connectivity index (χ2v) is 3.74. The van der Waals surface area contributed by atoms with E-state index in [1.54, 1.807) is 18.7 Å². The standard InChI is InChI=1S/C11H11ClN4O/c1-8-10(13-14-12)11(17)16(15(8)2)9-6-4-3-5-7-9/h3-7H,1-2H3. The molecule has 6 heteroatoms. The van der Waals surface area contributed by atoms with Crippen molar-refractivity contribution >= 4 is 17.5 Å². The molecule has 0 bridgehead atoms. The molecule has 0 amide bonds. The van der Waals surface area contributed by atoms with E-state index < -0.39 is 0 Å². The smallest absolute Gasteiger partial charge is 0.283 e. The predicted molar refractivity (Wildman–Crippen MR) is 66.1 cm³/mol. The van der Waals surface area contributed by atoms with Crippen molar-refractivity contribution in [2.45, 2.75) is 6.92 Å². The molecule has 0 radical (unpaired) electrons. The van der Waals surface area contributed by atoms with Gasteiger partial charge in [-0.3, -0.25) is 9.48 Å². The molecule has 0 atom stereocenters. The highest BCUT2D eigenvalue weighted by atomic mass is 35.5. The molecule has 5 nitrogen and oxygen atoms in total. The van der Waals surface area contributed by atoms with Gasteiger partial charge in [0, 0.05) is 7.05 Å². The first-order chi connectivity index (χ1) is 8.16. The van der Waals surface area contributed by atoms with Gasteiger partial charge in [-0.15, -0.1) is 5.11 Å². The van der Waals surface area contributed by atoms with Crippen molar-refractivity contribution in [3.63, 3.8) is 0 Å². The fourth-order valence-electron chi connectivity index (χ4n) is 1.71. The van der Waals surface area contributed by atoms with Gasteiger partial charge in [-0.25, -0.2) is 4.68 Å². The van der Waals surface area contributed by atoms with Crippen molar-refractivity contribution in [1.82, 2.24) is 9.36 Å². The maximum Gasteiger partial charge on any atom is 0.299 e. The molecule has 2 rings (SSSR count). The molecule has 1 heterocycles. The summed E-state index contributed by atoms with van der Waals surface area (Å²) in [6, 6.07) is 9.33. The maximum absolute atomic E-state index is 12.1. The monoisotopic (exact) mass is 250 g/mol. The SMILES string of the molecule is Cc1c(N=NCl)c(=O)n(-c2ccccc2)n1C. The van der Waals surface area contributed by atoms with Crippen LogP contribution in [-0.4, -0.2) is 9.36 Å². The molecule has 2 aromatic rings. The fraction of sp³-hybridized carbons (Fsp3) is 0.182. The maximum atomic E-state index is 12.1. The third kappa shape index (κ3) is 1.89. The summed E-state index contributed by atoms with van der Waals surface area (Å²) in [6.45, 7) is 1.79. The molecule has 0 aliphatic rings. The summed E-state index contributed by atoms with van der Waals surface area (Å²) in [5.41, 5.74) is 1.51. The van der Waals surface area contributed by atoms with E-state index in [1.165, 1.54) is 4.68 Å². The van der Waals surface area contributed by atoms with Crippen LogP contribution in [0.4, 0.5) is 5.69 Å². The first kappa shape index (κ1) is 11.6. The van der Waals surface area contributed by atoms with Crippen LogP contribution in [0.2, 0.25) is 0 Å². The van der Waals surface area contributed by atoms with Crippen LogP contribution in [0.25, 0.3) is 5.69 Å². The van der Waals surface area contributed by atoms with Crippen molar-refractivity contribution in [3.05, 3.63) is 46.4 Å². The van der Waals surface area contributed by atoms with E-state index >= 15 is 0 Å². The minimum atomic E-state index is -0.236. The Morgan fingerprint density at radius 3 is 2.47 bits per heavy atom. The summed E-state index contributed by atoms with van der Waals surface area (Å²) in [4.78, 5) is 12.1. The van der Waals surface area contributed by atoms with Crippen molar-refractivity contribution in [1.29, 1.82) is 0 Å². The number of benzene rings is 1. The lowest BCUT2D eigenvalue weighted by molar-refractivity contribution is 0.630. The van der Waals surface area contributed by atoms with Gasteiger partial charge >= 0.3 is 0 Å². The van der Waals surface area contributed by atoms with Gasteiger partial charge in [0.25, 0.3) is 5.56 Å². The average molecular weight is 251 g/mol. The molecular formula is C11H11ClN4O. The van der Waals surface area contributed by atoms with Crippen LogP contribution in [0.5, 0.6) is 0 Å². The van der Waals surface area contributed by atoms with E-state index in [4.69, 9.17) is 11.8 Å². The van der Waals surface area contributed by atoms with Crippen LogP contribution < -0.4 is 5.56 Å². The minimum absolute atomic E-state index is 0.236. The Morgan fingerprint density at radius 1 is 1.24 bits per heavy atom. The van der Waals surface area contributed by atoms with Crippen LogP contribution in [0.15, 0.2) is 44.9 Å². The topological polar surface area (TPSA) is 51.6 Å².